The van der Waals surface area contributed by atoms with Gasteiger partial charge in [-0.1, -0.05) is 31.9 Å². The maximum absolute atomic E-state index is 12.3. The third-order valence-corrected chi connectivity index (χ3v) is 4.81. The van der Waals surface area contributed by atoms with Crippen LogP contribution in [0.25, 0.3) is 10.9 Å². The van der Waals surface area contributed by atoms with Gasteiger partial charge >= 0.3 is 0 Å². The van der Waals surface area contributed by atoms with E-state index in [1.54, 1.807) is 30.1 Å². The molecule has 1 heterocycles. The number of likely N-dealkylation sites (N-methyl/N-ethyl adjacent to an activating group) is 1. The van der Waals surface area contributed by atoms with Crippen LogP contribution in [0.5, 0.6) is 0 Å². The van der Waals surface area contributed by atoms with Crippen molar-refractivity contribution in [2.75, 3.05) is 13.7 Å². The van der Waals surface area contributed by atoms with Crippen molar-refractivity contribution in [3.8, 4) is 0 Å². The minimum atomic E-state index is -0.186. The molecule has 1 amide bonds. The monoisotopic (exact) mass is 343 g/mol. The number of fused-ring (bicyclic) bond motifs is 1. The molecule has 2 atom stereocenters. The summed E-state index contributed by atoms with van der Waals surface area (Å²) in [6.07, 6.45) is 4.64. The summed E-state index contributed by atoms with van der Waals surface area (Å²) in [4.78, 5) is 33.1. The Bertz CT molecular complexity index is 802. The minimum Gasteiger partial charge on any atom is -0.368 e. The van der Waals surface area contributed by atoms with Crippen molar-refractivity contribution < 1.29 is 9.53 Å². The predicted molar refractivity (Wildman–Crippen MR) is 96.2 cm³/mol. The summed E-state index contributed by atoms with van der Waals surface area (Å²) in [6, 6.07) is 7.17. The first-order valence-corrected chi connectivity index (χ1v) is 8.86. The van der Waals surface area contributed by atoms with E-state index in [2.05, 4.69) is 16.9 Å². The lowest BCUT2D eigenvalue weighted by Gasteiger charge is -2.27. The molecule has 0 bridgehead atoms. The van der Waals surface area contributed by atoms with Crippen LogP contribution in [-0.2, 0) is 16.1 Å². The van der Waals surface area contributed by atoms with Crippen LogP contribution in [0.4, 0.5) is 0 Å². The van der Waals surface area contributed by atoms with Gasteiger partial charge in [-0.05, 0) is 30.9 Å². The van der Waals surface area contributed by atoms with E-state index >= 15 is 0 Å². The van der Waals surface area contributed by atoms with Gasteiger partial charge in [-0.2, -0.15) is 0 Å². The predicted octanol–water partition coefficient (Wildman–Crippen LogP) is 2.48. The Morgan fingerprint density at radius 2 is 2.16 bits per heavy atom. The molecule has 1 aliphatic carbocycles. The lowest BCUT2D eigenvalue weighted by Crippen LogP contribution is -2.33. The Morgan fingerprint density at radius 1 is 1.36 bits per heavy atom. The van der Waals surface area contributed by atoms with Crippen molar-refractivity contribution in [3.63, 3.8) is 0 Å². The lowest BCUT2D eigenvalue weighted by molar-refractivity contribution is -0.138. The average Bonchev–Trinajstić information content (AvgIpc) is 2.60. The first-order valence-electron chi connectivity index (χ1n) is 8.86. The Morgan fingerprint density at radius 3 is 2.96 bits per heavy atom. The highest BCUT2D eigenvalue weighted by atomic mass is 16.5. The number of para-hydroxylation sites is 1. The van der Waals surface area contributed by atoms with Gasteiger partial charge in [-0.15, -0.1) is 0 Å². The van der Waals surface area contributed by atoms with E-state index in [9.17, 15) is 9.59 Å². The van der Waals surface area contributed by atoms with Gasteiger partial charge in [0.2, 0.25) is 5.91 Å². The van der Waals surface area contributed by atoms with Crippen LogP contribution >= 0.6 is 0 Å². The van der Waals surface area contributed by atoms with E-state index in [4.69, 9.17) is 4.74 Å². The lowest BCUT2D eigenvalue weighted by atomic mass is 9.89. The molecule has 1 aromatic heterocycles. The van der Waals surface area contributed by atoms with Crippen molar-refractivity contribution >= 4 is 16.8 Å². The molecule has 3 rings (SSSR count). The molecule has 2 aromatic rings. The Balaban J connectivity index is 1.58. The fraction of sp³-hybridized carbons (Fsp3) is 0.526. The normalized spacial score (nSPS) is 20.6. The van der Waals surface area contributed by atoms with Crippen LogP contribution in [0.15, 0.2) is 29.1 Å². The number of H-pyrrole nitrogens is 1. The fourth-order valence-corrected chi connectivity index (χ4v) is 3.35. The van der Waals surface area contributed by atoms with Crippen LogP contribution in [0.1, 0.15) is 38.4 Å². The minimum absolute atomic E-state index is 0.0751. The first-order chi connectivity index (χ1) is 12.0. The summed E-state index contributed by atoms with van der Waals surface area (Å²) in [7, 11) is 1.70. The van der Waals surface area contributed by atoms with Gasteiger partial charge < -0.3 is 14.6 Å². The number of hydrogen-bond acceptors (Lipinski definition) is 4. The van der Waals surface area contributed by atoms with Gasteiger partial charge in [0, 0.05) is 7.05 Å². The average molecular weight is 343 g/mol. The van der Waals surface area contributed by atoms with Crippen LogP contribution in [0.3, 0.4) is 0 Å². The van der Waals surface area contributed by atoms with Gasteiger partial charge in [0.1, 0.15) is 12.4 Å². The topological polar surface area (TPSA) is 75.3 Å². The highest BCUT2D eigenvalue weighted by Gasteiger charge is 2.21. The second-order valence-corrected chi connectivity index (χ2v) is 6.98. The van der Waals surface area contributed by atoms with Crippen molar-refractivity contribution in [1.29, 1.82) is 0 Å². The molecular formula is C19H25N3O3. The second-order valence-electron chi connectivity index (χ2n) is 6.98. The summed E-state index contributed by atoms with van der Waals surface area (Å²) < 4.78 is 5.78. The molecule has 0 spiro atoms. The van der Waals surface area contributed by atoms with Crippen molar-refractivity contribution in [2.45, 2.75) is 45.3 Å². The third-order valence-electron chi connectivity index (χ3n) is 4.81. The van der Waals surface area contributed by atoms with Crippen molar-refractivity contribution in [2.24, 2.45) is 5.92 Å². The Kier molecular flexibility index (Phi) is 5.48. The summed E-state index contributed by atoms with van der Waals surface area (Å²) >= 11 is 0. The molecule has 0 aliphatic heterocycles. The highest BCUT2D eigenvalue weighted by molar-refractivity contribution is 5.78. The van der Waals surface area contributed by atoms with E-state index in [1.165, 1.54) is 6.42 Å². The molecule has 2 unspecified atom stereocenters. The van der Waals surface area contributed by atoms with Crippen LogP contribution in [0, 0.1) is 5.92 Å². The maximum atomic E-state index is 12.3. The molecule has 0 saturated heterocycles. The number of carbonyl (C=O) groups is 1. The summed E-state index contributed by atoms with van der Waals surface area (Å²) in [5.41, 5.74) is 0.448. The number of nitrogens with one attached hydrogen (secondary N) is 1. The molecule has 1 fully saturated rings. The number of benzene rings is 1. The zero-order valence-electron chi connectivity index (χ0n) is 14.8. The van der Waals surface area contributed by atoms with Gasteiger partial charge in [0.25, 0.3) is 5.56 Å². The molecule has 6 heteroatoms. The standard InChI is InChI=1S/C19H25N3O3/c1-13-6-5-7-14(10-13)25-12-18(23)22(2)11-17-20-16-9-4-3-8-15(16)19(24)21-17/h3-4,8-9,13-14H,5-7,10-12H2,1-2H3,(H,20,21,24). The largest absolute Gasteiger partial charge is 0.368 e. The van der Waals surface area contributed by atoms with Gasteiger partial charge in [0.15, 0.2) is 0 Å². The Labute approximate surface area is 147 Å². The van der Waals surface area contributed by atoms with E-state index in [0.29, 0.717) is 22.6 Å². The van der Waals surface area contributed by atoms with Crippen LogP contribution in [-0.4, -0.2) is 40.5 Å². The molecule has 1 saturated carbocycles. The number of rotatable bonds is 5. The van der Waals surface area contributed by atoms with Gasteiger partial charge in [-0.25, -0.2) is 4.98 Å². The van der Waals surface area contributed by atoms with Crippen LogP contribution in [0.2, 0.25) is 0 Å². The molecule has 1 aromatic carbocycles. The van der Waals surface area contributed by atoms with Crippen molar-refractivity contribution in [1.82, 2.24) is 14.9 Å². The summed E-state index contributed by atoms with van der Waals surface area (Å²) in [5.74, 6) is 1.04. The first kappa shape index (κ1) is 17.6. The summed E-state index contributed by atoms with van der Waals surface area (Å²) in [5, 5.41) is 0.551. The maximum Gasteiger partial charge on any atom is 0.258 e. The highest BCUT2D eigenvalue weighted by Crippen LogP contribution is 2.25. The zero-order valence-corrected chi connectivity index (χ0v) is 14.8. The number of aromatic nitrogens is 2. The number of amides is 1. The molecule has 25 heavy (non-hydrogen) atoms. The quantitative estimate of drug-likeness (QED) is 0.905. The van der Waals surface area contributed by atoms with E-state index in [-0.39, 0.29) is 30.7 Å². The zero-order chi connectivity index (χ0) is 17.8. The van der Waals surface area contributed by atoms with E-state index < -0.39 is 0 Å². The van der Waals surface area contributed by atoms with Gasteiger partial charge in [0.05, 0.1) is 23.6 Å². The number of ether oxygens (including phenoxy) is 1. The van der Waals surface area contributed by atoms with E-state index in [1.807, 2.05) is 6.07 Å². The summed E-state index contributed by atoms with van der Waals surface area (Å²) in [6.45, 7) is 2.56. The molecule has 6 nitrogen and oxygen atoms in total. The SMILES string of the molecule is CC1CCCC(OCC(=O)N(C)Cc2nc3ccccc3c(=O)[nH]2)C1. The van der Waals surface area contributed by atoms with Gasteiger partial charge in [-0.3, -0.25) is 9.59 Å². The Hall–Kier alpha value is -2.21. The van der Waals surface area contributed by atoms with Crippen molar-refractivity contribution in [3.05, 3.63) is 40.4 Å². The smallest absolute Gasteiger partial charge is 0.258 e. The number of aromatic amines is 1. The fourth-order valence-electron chi connectivity index (χ4n) is 3.35. The van der Waals surface area contributed by atoms with Crippen LogP contribution < -0.4 is 5.56 Å². The van der Waals surface area contributed by atoms with E-state index in [0.717, 1.165) is 19.3 Å². The molecule has 134 valence electrons. The molecular weight excluding hydrogens is 318 g/mol. The molecule has 1 N–H and O–H groups in total. The molecule has 1 aliphatic rings. The number of carbonyl (C=O) groups excluding carboxylic acids is 1. The molecule has 0 radical (unpaired) electrons. The third kappa shape index (κ3) is 4.45. The number of nitrogens with zero attached hydrogens (tertiary/aromatic N) is 2. The second kappa shape index (κ2) is 7.78. The number of hydrogen-bond donors (Lipinski definition) is 1.